The normalized spacial score (nSPS) is 11.3. The number of nitrogens with zero attached hydrogens (tertiary/aromatic N) is 7. The highest BCUT2D eigenvalue weighted by atomic mass is 16.5. The van der Waals surface area contributed by atoms with Crippen LogP contribution in [0.1, 0.15) is 78.4 Å². The van der Waals surface area contributed by atoms with E-state index >= 15 is 0 Å². The molecule has 0 saturated heterocycles. The van der Waals surface area contributed by atoms with Gasteiger partial charge in [0.2, 0.25) is 11.6 Å². The number of tetrazole rings is 2. The molecule has 4 rings (SSSR count). The summed E-state index contributed by atoms with van der Waals surface area (Å²) in [6.45, 7) is 15.6. The summed E-state index contributed by atoms with van der Waals surface area (Å²) < 4.78 is 9.19. The van der Waals surface area contributed by atoms with Crippen LogP contribution in [0.15, 0.2) is 48.5 Å². The number of aliphatic hydroxyl groups is 1. The first-order valence-electron chi connectivity index (χ1n) is 14.6. The average molecular weight is 623 g/mol. The van der Waals surface area contributed by atoms with E-state index in [1.165, 1.54) is 30.1 Å². The SMILES string of the molecule is CC(C)c1ccc(-c2nn[nH]n2)cc1.COC(=O)C(C)(C)CO.COC(=O)C(C)(C)Cn1nnc(-c2ccc(C(C)C)cc2)n1. The Kier molecular flexibility index (Phi) is 13.5. The molecule has 0 atom stereocenters. The molecular weight excluding hydrogens is 576 g/mol. The number of hydrogen-bond donors (Lipinski definition) is 2. The van der Waals surface area contributed by atoms with Crippen molar-refractivity contribution in [3.63, 3.8) is 0 Å². The van der Waals surface area contributed by atoms with Gasteiger partial charge in [0.1, 0.15) is 0 Å². The summed E-state index contributed by atoms with van der Waals surface area (Å²) >= 11 is 0. The van der Waals surface area contributed by atoms with Crippen molar-refractivity contribution < 1.29 is 24.2 Å². The Morgan fingerprint density at radius 1 is 0.778 bits per heavy atom. The summed E-state index contributed by atoms with van der Waals surface area (Å²) in [7, 11) is 2.68. The van der Waals surface area contributed by atoms with Gasteiger partial charge < -0.3 is 14.6 Å². The quantitative estimate of drug-likeness (QED) is 0.245. The molecule has 13 heteroatoms. The number of ether oxygens (including phenoxy) is 2. The van der Waals surface area contributed by atoms with Gasteiger partial charge in [-0.1, -0.05) is 76.2 Å². The molecule has 0 unspecified atom stereocenters. The van der Waals surface area contributed by atoms with Crippen LogP contribution in [0.4, 0.5) is 0 Å². The number of H-pyrrole nitrogens is 1. The van der Waals surface area contributed by atoms with Gasteiger partial charge >= 0.3 is 11.9 Å². The Hall–Kier alpha value is -4.52. The van der Waals surface area contributed by atoms with Crippen LogP contribution in [0, 0.1) is 10.8 Å². The van der Waals surface area contributed by atoms with E-state index in [1.54, 1.807) is 27.7 Å². The first-order valence-corrected chi connectivity index (χ1v) is 14.6. The van der Waals surface area contributed by atoms with E-state index in [4.69, 9.17) is 9.84 Å². The Morgan fingerprint density at radius 2 is 1.24 bits per heavy atom. The fraction of sp³-hybridized carbons (Fsp3) is 0.500. The van der Waals surface area contributed by atoms with Crippen LogP contribution in [0.5, 0.6) is 0 Å². The molecule has 0 spiro atoms. The Bertz CT molecular complexity index is 1460. The topological polar surface area (TPSA) is 171 Å². The van der Waals surface area contributed by atoms with E-state index in [0.717, 1.165) is 11.1 Å². The number of benzene rings is 2. The average Bonchev–Trinajstić information content (AvgIpc) is 3.74. The summed E-state index contributed by atoms with van der Waals surface area (Å²) in [6, 6.07) is 16.3. The van der Waals surface area contributed by atoms with Gasteiger partial charge in [-0.3, -0.25) is 9.59 Å². The van der Waals surface area contributed by atoms with E-state index in [-0.39, 0.29) is 18.5 Å². The maximum absolute atomic E-state index is 11.7. The van der Waals surface area contributed by atoms with Crippen LogP contribution in [0.25, 0.3) is 22.8 Å². The van der Waals surface area contributed by atoms with Crippen molar-refractivity contribution in [3.8, 4) is 22.8 Å². The Balaban J connectivity index is 0.000000262. The van der Waals surface area contributed by atoms with E-state index < -0.39 is 10.8 Å². The minimum atomic E-state index is -0.755. The third-order valence-corrected chi connectivity index (χ3v) is 6.88. The number of methoxy groups -OCH3 is 2. The molecule has 2 N–H and O–H groups in total. The molecular formula is C32H46N8O5. The zero-order valence-electron chi connectivity index (χ0n) is 27.9. The predicted molar refractivity (Wildman–Crippen MR) is 170 cm³/mol. The van der Waals surface area contributed by atoms with Gasteiger partial charge in [0, 0.05) is 11.1 Å². The molecule has 244 valence electrons. The van der Waals surface area contributed by atoms with Crippen LogP contribution in [0.2, 0.25) is 0 Å². The standard InChI is InChI=1S/C16H22N4O2.C10H12N4.C6H12O3/c1-11(2)12-6-8-13(9-7-12)14-17-19-20(18-14)10-16(3,4)15(21)22-5;1-7(2)8-3-5-9(6-4-8)10-11-13-14-12-10;1-6(2,4-7)5(8)9-3/h6-9,11H,10H2,1-5H3;3-7H,1-2H3,(H,11,12,13,14);7H,4H2,1-3H3. The smallest absolute Gasteiger partial charge is 0.313 e. The van der Waals surface area contributed by atoms with Crippen LogP contribution >= 0.6 is 0 Å². The zero-order chi connectivity index (χ0) is 33.8. The van der Waals surface area contributed by atoms with Crippen molar-refractivity contribution in [2.24, 2.45) is 10.8 Å². The van der Waals surface area contributed by atoms with Crippen molar-refractivity contribution in [2.75, 3.05) is 20.8 Å². The second-order valence-corrected chi connectivity index (χ2v) is 12.3. The zero-order valence-corrected chi connectivity index (χ0v) is 27.9. The molecule has 0 radical (unpaired) electrons. The third kappa shape index (κ3) is 10.9. The highest BCUT2D eigenvalue weighted by molar-refractivity contribution is 5.76. The molecule has 0 aliphatic heterocycles. The van der Waals surface area contributed by atoms with Gasteiger partial charge in [0.15, 0.2) is 0 Å². The number of aromatic nitrogens is 8. The third-order valence-electron chi connectivity index (χ3n) is 6.88. The molecule has 0 amide bonds. The number of esters is 2. The number of hydrogen-bond acceptors (Lipinski definition) is 11. The van der Waals surface area contributed by atoms with E-state index in [1.807, 2.05) is 24.3 Å². The lowest BCUT2D eigenvalue weighted by Crippen LogP contribution is -2.31. The van der Waals surface area contributed by atoms with Crippen LogP contribution in [-0.4, -0.2) is 78.7 Å². The van der Waals surface area contributed by atoms with Crippen LogP contribution in [0.3, 0.4) is 0 Å². The second-order valence-electron chi connectivity index (χ2n) is 12.3. The van der Waals surface area contributed by atoms with E-state index in [0.29, 0.717) is 30.0 Å². The molecule has 2 heterocycles. The van der Waals surface area contributed by atoms with Gasteiger partial charge in [0.25, 0.3) is 0 Å². The largest absolute Gasteiger partial charge is 0.469 e. The van der Waals surface area contributed by atoms with Gasteiger partial charge in [0.05, 0.1) is 38.2 Å². The van der Waals surface area contributed by atoms with Crippen LogP contribution < -0.4 is 0 Å². The van der Waals surface area contributed by atoms with Gasteiger partial charge in [-0.2, -0.15) is 10.0 Å². The van der Waals surface area contributed by atoms with Crippen molar-refractivity contribution >= 4 is 11.9 Å². The molecule has 45 heavy (non-hydrogen) atoms. The van der Waals surface area contributed by atoms with Crippen molar-refractivity contribution in [1.82, 2.24) is 40.8 Å². The van der Waals surface area contributed by atoms with Gasteiger partial charge in [-0.05, 0) is 61.1 Å². The fourth-order valence-electron chi connectivity index (χ4n) is 3.78. The highest BCUT2D eigenvalue weighted by Gasteiger charge is 2.30. The number of aromatic amines is 1. The number of aliphatic hydroxyl groups excluding tert-OH is 1. The van der Waals surface area contributed by atoms with Gasteiger partial charge in [-0.25, -0.2) is 0 Å². The minimum Gasteiger partial charge on any atom is -0.469 e. The second kappa shape index (κ2) is 16.5. The van der Waals surface area contributed by atoms with Crippen molar-refractivity contribution in [3.05, 3.63) is 59.7 Å². The lowest BCUT2D eigenvalue weighted by atomic mass is 9.94. The number of carbonyl (C=O) groups excluding carboxylic acids is 2. The molecule has 0 saturated carbocycles. The molecule has 2 aromatic heterocycles. The maximum atomic E-state index is 11.7. The van der Waals surface area contributed by atoms with Crippen LogP contribution in [-0.2, 0) is 25.6 Å². The lowest BCUT2D eigenvalue weighted by Gasteiger charge is -2.19. The first kappa shape index (κ1) is 36.7. The molecule has 4 aromatic rings. The fourth-order valence-corrected chi connectivity index (χ4v) is 3.78. The number of rotatable bonds is 9. The Labute approximate surface area is 264 Å². The summed E-state index contributed by atoms with van der Waals surface area (Å²) in [4.78, 5) is 23.8. The van der Waals surface area contributed by atoms with E-state index in [9.17, 15) is 9.59 Å². The number of nitrogens with one attached hydrogen (secondary N) is 1. The van der Waals surface area contributed by atoms with Gasteiger partial charge in [-0.15, -0.1) is 20.4 Å². The summed E-state index contributed by atoms with van der Waals surface area (Å²) in [5.41, 5.74) is 3.03. The number of carbonyl (C=O) groups is 2. The Morgan fingerprint density at radius 3 is 1.62 bits per heavy atom. The molecule has 0 aliphatic rings. The monoisotopic (exact) mass is 622 g/mol. The molecule has 0 bridgehead atoms. The summed E-state index contributed by atoms with van der Waals surface area (Å²) in [6.07, 6.45) is 0. The molecule has 0 aliphatic carbocycles. The maximum Gasteiger partial charge on any atom is 0.313 e. The van der Waals surface area contributed by atoms with Crippen molar-refractivity contribution in [1.29, 1.82) is 0 Å². The van der Waals surface area contributed by atoms with Crippen molar-refractivity contribution in [2.45, 2.75) is 73.8 Å². The highest BCUT2D eigenvalue weighted by Crippen LogP contribution is 2.22. The molecule has 0 fully saturated rings. The summed E-state index contributed by atoms with van der Waals surface area (Å²) in [5.74, 6) is 1.54. The summed E-state index contributed by atoms with van der Waals surface area (Å²) in [5, 5.41) is 34.8. The minimum absolute atomic E-state index is 0.181. The van der Waals surface area contributed by atoms with E-state index in [2.05, 4.69) is 92.7 Å². The first-order chi connectivity index (χ1) is 21.1. The predicted octanol–water partition coefficient (Wildman–Crippen LogP) is 4.83. The molecule has 2 aromatic carbocycles. The lowest BCUT2D eigenvalue weighted by molar-refractivity contribution is -0.153. The molecule has 13 nitrogen and oxygen atoms in total.